The van der Waals surface area contributed by atoms with Gasteiger partial charge in [0.05, 0.1) is 13.2 Å². The summed E-state index contributed by atoms with van der Waals surface area (Å²) in [5, 5.41) is 1.36. The number of nitrogens with zero attached hydrogens (tertiary/aromatic N) is 2. The average Bonchev–Trinajstić information content (AvgIpc) is 3.05. The highest BCUT2D eigenvalue weighted by Crippen LogP contribution is 2.38. The molecule has 2 unspecified atom stereocenters. The minimum Gasteiger partial charge on any atom is -0.381 e. The van der Waals surface area contributed by atoms with Crippen molar-refractivity contribution in [3.05, 3.63) is 30.5 Å². The number of aryl methyl sites for hydroxylation is 1. The SMILES string of the molecule is Cn1cc(SN2CC3COCC3C2)c2ccccc21. The van der Waals surface area contributed by atoms with E-state index in [9.17, 15) is 0 Å². The summed E-state index contributed by atoms with van der Waals surface area (Å²) in [6, 6.07) is 8.64. The van der Waals surface area contributed by atoms with Crippen molar-refractivity contribution in [2.75, 3.05) is 26.3 Å². The molecule has 1 aromatic carbocycles. The van der Waals surface area contributed by atoms with Crippen LogP contribution >= 0.6 is 11.9 Å². The van der Waals surface area contributed by atoms with Gasteiger partial charge < -0.3 is 9.30 Å². The summed E-state index contributed by atoms with van der Waals surface area (Å²) in [4.78, 5) is 1.37. The van der Waals surface area contributed by atoms with E-state index in [2.05, 4.69) is 46.4 Å². The van der Waals surface area contributed by atoms with Crippen molar-refractivity contribution in [1.82, 2.24) is 8.87 Å². The molecule has 2 aromatic rings. The Morgan fingerprint density at radius 1 is 1.16 bits per heavy atom. The second-order valence-electron chi connectivity index (χ2n) is 5.62. The van der Waals surface area contributed by atoms with E-state index in [1.54, 1.807) is 0 Å². The van der Waals surface area contributed by atoms with Gasteiger partial charge in [-0.25, -0.2) is 4.31 Å². The number of hydrogen-bond donors (Lipinski definition) is 0. The van der Waals surface area contributed by atoms with Crippen molar-refractivity contribution >= 4 is 22.9 Å². The summed E-state index contributed by atoms with van der Waals surface area (Å²) in [6.45, 7) is 4.24. The maximum atomic E-state index is 5.54. The van der Waals surface area contributed by atoms with Crippen molar-refractivity contribution in [3.63, 3.8) is 0 Å². The predicted octanol–water partition coefficient (Wildman–Crippen LogP) is 2.76. The van der Waals surface area contributed by atoms with Gasteiger partial charge in [0.2, 0.25) is 0 Å². The minimum absolute atomic E-state index is 0.752. The molecule has 2 fully saturated rings. The summed E-state index contributed by atoms with van der Waals surface area (Å²) in [5.41, 5.74) is 1.31. The molecule has 2 saturated heterocycles. The molecule has 2 aliphatic heterocycles. The maximum absolute atomic E-state index is 5.54. The van der Waals surface area contributed by atoms with Crippen molar-refractivity contribution < 1.29 is 4.74 Å². The van der Waals surface area contributed by atoms with E-state index in [-0.39, 0.29) is 0 Å². The third kappa shape index (κ3) is 1.98. The second-order valence-corrected chi connectivity index (χ2v) is 6.76. The number of ether oxygens (including phenoxy) is 1. The van der Waals surface area contributed by atoms with Crippen LogP contribution in [-0.2, 0) is 11.8 Å². The van der Waals surface area contributed by atoms with Gasteiger partial charge in [-0.2, -0.15) is 0 Å². The Balaban J connectivity index is 1.59. The van der Waals surface area contributed by atoms with Gasteiger partial charge in [-0.1, -0.05) is 18.2 Å². The fourth-order valence-electron chi connectivity index (χ4n) is 3.24. The van der Waals surface area contributed by atoms with Gasteiger partial charge in [-0.05, 0) is 18.0 Å². The molecule has 0 spiro atoms. The predicted molar refractivity (Wildman–Crippen MR) is 78.1 cm³/mol. The largest absolute Gasteiger partial charge is 0.381 e. The second kappa shape index (κ2) is 4.54. The number of hydrogen-bond acceptors (Lipinski definition) is 3. The number of fused-ring (bicyclic) bond motifs is 2. The molecule has 0 radical (unpaired) electrons. The molecule has 3 nitrogen and oxygen atoms in total. The molecule has 19 heavy (non-hydrogen) atoms. The highest BCUT2D eigenvalue weighted by atomic mass is 32.2. The molecule has 4 rings (SSSR count). The number of rotatable bonds is 2. The van der Waals surface area contributed by atoms with Crippen LogP contribution in [-0.4, -0.2) is 35.2 Å². The highest BCUT2D eigenvalue weighted by molar-refractivity contribution is 7.97. The molecular weight excluding hydrogens is 256 g/mol. The lowest BCUT2D eigenvalue weighted by Gasteiger charge is -2.14. The molecule has 100 valence electrons. The standard InChI is InChI=1S/C15H18N2OS/c1-16-8-15(13-4-2-3-5-14(13)16)19-17-6-11-9-18-10-12(11)7-17/h2-5,8,11-12H,6-7,9-10H2,1H3. The Morgan fingerprint density at radius 2 is 1.89 bits per heavy atom. The van der Waals surface area contributed by atoms with E-state index in [1.807, 2.05) is 11.9 Å². The third-order valence-electron chi connectivity index (χ3n) is 4.29. The van der Waals surface area contributed by atoms with Crippen molar-refractivity contribution in [3.8, 4) is 0 Å². The molecule has 2 aliphatic rings. The Labute approximate surface area is 117 Å². The van der Waals surface area contributed by atoms with Crippen LogP contribution in [0.25, 0.3) is 10.9 Å². The molecule has 3 heterocycles. The lowest BCUT2D eigenvalue weighted by atomic mass is 10.0. The summed E-state index contributed by atoms with van der Waals surface area (Å²) >= 11 is 1.92. The van der Waals surface area contributed by atoms with Crippen molar-refractivity contribution in [2.45, 2.75) is 4.90 Å². The normalized spacial score (nSPS) is 27.2. The van der Waals surface area contributed by atoms with Crippen LogP contribution in [0.4, 0.5) is 0 Å². The maximum Gasteiger partial charge on any atom is 0.0511 e. The monoisotopic (exact) mass is 274 g/mol. The van der Waals surface area contributed by atoms with Crippen LogP contribution in [0, 0.1) is 11.8 Å². The molecule has 0 amide bonds. The number of para-hydroxylation sites is 1. The molecule has 4 heteroatoms. The van der Waals surface area contributed by atoms with Crippen LogP contribution in [0.15, 0.2) is 35.4 Å². The lowest BCUT2D eigenvalue weighted by Crippen LogP contribution is -2.14. The molecule has 0 N–H and O–H groups in total. The van der Waals surface area contributed by atoms with Crippen LogP contribution in [0.1, 0.15) is 0 Å². The van der Waals surface area contributed by atoms with Crippen LogP contribution in [0.2, 0.25) is 0 Å². The Hall–Kier alpha value is -0.970. The van der Waals surface area contributed by atoms with Gasteiger partial charge in [0.1, 0.15) is 0 Å². The Kier molecular flexibility index (Phi) is 2.83. The van der Waals surface area contributed by atoms with E-state index >= 15 is 0 Å². The van der Waals surface area contributed by atoms with E-state index < -0.39 is 0 Å². The van der Waals surface area contributed by atoms with E-state index in [4.69, 9.17) is 4.74 Å². The molecule has 2 atom stereocenters. The zero-order valence-electron chi connectivity index (χ0n) is 11.1. The van der Waals surface area contributed by atoms with Crippen LogP contribution in [0.5, 0.6) is 0 Å². The van der Waals surface area contributed by atoms with Crippen LogP contribution in [0.3, 0.4) is 0 Å². The van der Waals surface area contributed by atoms with Gasteiger partial charge in [0, 0.05) is 54.0 Å². The van der Waals surface area contributed by atoms with Gasteiger partial charge in [0.25, 0.3) is 0 Å². The molecule has 1 aromatic heterocycles. The van der Waals surface area contributed by atoms with Crippen molar-refractivity contribution in [2.24, 2.45) is 18.9 Å². The minimum atomic E-state index is 0.752. The zero-order valence-corrected chi connectivity index (χ0v) is 11.9. The van der Waals surface area contributed by atoms with Crippen LogP contribution < -0.4 is 0 Å². The first kappa shape index (κ1) is 11.8. The first-order valence-corrected chi connectivity index (χ1v) is 7.63. The van der Waals surface area contributed by atoms with E-state index in [0.29, 0.717) is 0 Å². The molecule has 0 aliphatic carbocycles. The average molecular weight is 274 g/mol. The smallest absolute Gasteiger partial charge is 0.0511 e. The number of aromatic nitrogens is 1. The van der Waals surface area contributed by atoms with Crippen molar-refractivity contribution in [1.29, 1.82) is 0 Å². The van der Waals surface area contributed by atoms with Gasteiger partial charge in [0.15, 0.2) is 0 Å². The van der Waals surface area contributed by atoms with E-state index in [1.165, 1.54) is 28.9 Å². The van der Waals surface area contributed by atoms with Gasteiger partial charge in [-0.3, -0.25) is 0 Å². The summed E-state index contributed by atoms with van der Waals surface area (Å²) in [7, 11) is 2.12. The summed E-state index contributed by atoms with van der Waals surface area (Å²) in [6.07, 6.45) is 2.25. The first-order valence-electron chi connectivity index (χ1n) is 6.86. The topological polar surface area (TPSA) is 17.4 Å². The lowest BCUT2D eigenvalue weighted by molar-refractivity contribution is 0.169. The quantitative estimate of drug-likeness (QED) is 0.784. The Morgan fingerprint density at radius 3 is 2.68 bits per heavy atom. The first-order chi connectivity index (χ1) is 9.31. The highest BCUT2D eigenvalue weighted by Gasteiger charge is 2.37. The van der Waals surface area contributed by atoms with E-state index in [0.717, 1.165) is 25.0 Å². The molecule has 0 bridgehead atoms. The third-order valence-corrected chi connectivity index (χ3v) is 5.37. The zero-order chi connectivity index (χ0) is 12.8. The van der Waals surface area contributed by atoms with Gasteiger partial charge >= 0.3 is 0 Å². The summed E-state index contributed by atoms with van der Waals surface area (Å²) < 4.78 is 10.3. The molecule has 0 saturated carbocycles. The van der Waals surface area contributed by atoms with Gasteiger partial charge in [-0.15, -0.1) is 0 Å². The Bertz CT molecular complexity index is 597. The molecular formula is C15H18N2OS. The number of benzene rings is 1. The fraction of sp³-hybridized carbons (Fsp3) is 0.467. The summed E-state index contributed by atoms with van der Waals surface area (Å²) in [5.74, 6) is 1.50. The fourth-order valence-corrected chi connectivity index (χ4v) is 4.52.